The molecule has 84 valence electrons. The molecule has 5 nitrogen and oxygen atoms in total. The van der Waals surface area contributed by atoms with E-state index in [1.165, 1.54) is 12.1 Å². The molecule has 0 spiro atoms. The molecule has 2 aromatic carbocycles. The number of nitrogen functional groups attached to an aromatic ring is 1. The summed E-state index contributed by atoms with van der Waals surface area (Å²) in [5.41, 5.74) is 5.10. The number of aromatic hydroxyl groups is 1. The fourth-order valence-corrected chi connectivity index (χ4v) is 2.44. The van der Waals surface area contributed by atoms with E-state index in [0.29, 0.717) is 5.39 Å². The highest BCUT2D eigenvalue weighted by Gasteiger charge is 2.20. The first-order chi connectivity index (χ1) is 7.41. The molecule has 4 N–H and O–H groups in total. The van der Waals surface area contributed by atoms with Gasteiger partial charge in [-0.25, -0.2) is 0 Å². The van der Waals surface area contributed by atoms with Crippen molar-refractivity contribution in [2.24, 2.45) is 0 Å². The fraction of sp³-hybridized carbons (Fsp3) is 0. The Kier molecular flexibility index (Phi) is 2.25. The monoisotopic (exact) mass is 239 g/mol. The molecule has 0 bridgehead atoms. The topological polar surface area (TPSA) is 101 Å². The normalized spacial score (nSPS) is 11.8. The van der Waals surface area contributed by atoms with E-state index in [2.05, 4.69) is 0 Å². The Morgan fingerprint density at radius 1 is 1.19 bits per heavy atom. The Labute approximate surface area is 91.9 Å². The van der Waals surface area contributed by atoms with Crippen LogP contribution in [0.5, 0.6) is 5.75 Å². The molecular weight excluding hydrogens is 230 g/mol. The Morgan fingerprint density at radius 2 is 1.81 bits per heavy atom. The summed E-state index contributed by atoms with van der Waals surface area (Å²) in [6, 6.07) is 7.77. The lowest BCUT2D eigenvalue weighted by atomic mass is 10.1. The van der Waals surface area contributed by atoms with Gasteiger partial charge in [-0.15, -0.1) is 0 Å². The molecule has 0 heterocycles. The first-order valence-electron chi connectivity index (χ1n) is 4.39. The summed E-state index contributed by atoms with van der Waals surface area (Å²) in [6.07, 6.45) is 0. The first kappa shape index (κ1) is 10.7. The van der Waals surface area contributed by atoms with Crippen LogP contribution in [0.4, 0.5) is 5.69 Å². The van der Waals surface area contributed by atoms with E-state index in [0.717, 1.165) is 0 Å². The third kappa shape index (κ3) is 1.58. The zero-order valence-corrected chi connectivity index (χ0v) is 8.90. The number of benzene rings is 2. The minimum atomic E-state index is -4.47. The first-order valence-corrected chi connectivity index (χ1v) is 5.83. The Bertz CT molecular complexity index is 664. The van der Waals surface area contributed by atoms with Crippen molar-refractivity contribution in [2.75, 3.05) is 5.73 Å². The molecule has 0 saturated heterocycles. The number of hydrogen-bond acceptors (Lipinski definition) is 4. The van der Waals surface area contributed by atoms with E-state index < -0.39 is 15.0 Å². The maximum Gasteiger partial charge on any atom is 0.297 e. The molecule has 0 radical (unpaired) electrons. The van der Waals surface area contributed by atoms with E-state index in [1.54, 1.807) is 18.2 Å². The number of rotatable bonds is 1. The molecule has 0 saturated carbocycles. The summed E-state index contributed by atoms with van der Waals surface area (Å²) in [6.45, 7) is 0. The van der Waals surface area contributed by atoms with Crippen molar-refractivity contribution in [3.05, 3.63) is 30.3 Å². The van der Waals surface area contributed by atoms with Crippen molar-refractivity contribution >= 4 is 26.6 Å². The molecule has 2 aromatic rings. The number of phenolic OH excluding ortho intramolecular Hbond substituents is 1. The second kappa shape index (κ2) is 3.36. The molecule has 0 aliphatic rings. The summed E-state index contributed by atoms with van der Waals surface area (Å²) in [4.78, 5) is -0.455. The van der Waals surface area contributed by atoms with Gasteiger partial charge in [0.1, 0.15) is 10.6 Å². The lowest BCUT2D eigenvalue weighted by Gasteiger charge is -2.08. The van der Waals surface area contributed by atoms with Crippen LogP contribution < -0.4 is 5.73 Å². The third-order valence-electron chi connectivity index (χ3n) is 2.28. The maximum atomic E-state index is 11.2. The van der Waals surface area contributed by atoms with Gasteiger partial charge in [-0.2, -0.15) is 8.42 Å². The maximum absolute atomic E-state index is 11.2. The highest BCUT2D eigenvalue weighted by atomic mass is 32.2. The average Bonchev–Trinajstić information content (AvgIpc) is 2.17. The van der Waals surface area contributed by atoms with Crippen LogP contribution in [0.1, 0.15) is 0 Å². The Hall–Kier alpha value is -1.79. The second-order valence-electron chi connectivity index (χ2n) is 3.33. The molecule has 2 rings (SSSR count). The summed E-state index contributed by atoms with van der Waals surface area (Å²) >= 11 is 0. The van der Waals surface area contributed by atoms with Crippen LogP contribution in [0.2, 0.25) is 0 Å². The second-order valence-corrected chi connectivity index (χ2v) is 4.69. The lowest BCUT2D eigenvalue weighted by Crippen LogP contribution is -2.04. The van der Waals surface area contributed by atoms with Gasteiger partial charge in [0.2, 0.25) is 0 Å². The van der Waals surface area contributed by atoms with Gasteiger partial charge in [-0.05, 0) is 11.5 Å². The molecule has 6 heteroatoms. The molecule has 0 aliphatic heterocycles. The van der Waals surface area contributed by atoms with Gasteiger partial charge in [0.15, 0.2) is 0 Å². The minimum absolute atomic E-state index is 0.278. The predicted octanol–water partition coefficient (Wildman–Crippen LogP) is 1.37. The van der Waals surface area contributed by atoms with Crippen molar-refractivity contribution < 1.29 is 18.1 Å². The minimum Gasteiger partial charge on any atom is -0.506 e. The number of nitrogens with two attached hydrogens (primary N) is 1. The van der Waals surface area contributed by atoms with Crippen molar-refractivity contribution in [2.45, 2.75) is 4.90 Å². The molecule has 16 heavy (non-hydrogen) atoms. The number of anilines is 1. The van der Waals surface area contributed by atoms with Gasteiger partial charge in [-0.1, -0.05) is 24.3 Å². The third-order valence-corrected chi connectivity index (χ3v) is 3.23. The van der Waals surface area contributed by atoms with Crippen LogP contribution in [0.25, 0.3) is 10.8 Å². The smallest absolute Gasteiger partial charge is 0.297 e. The Morgan fingerprint density at radius 3 is 2.44 bits per heavy atom. The highest BCUT2D eigenvalue weighted by molar-refractivity contribution is 7.86. The van der Waals surface area contributed by atoms with Gasteiger partial charge in [-0.3, -0.25) is 4.55 Å². The summed E-state index contributed by atoms with van der Waals surface area (Å²) < 4.78 is 31.4. The van der Waals surface area contributed by atoms with E-state index >= 15 is 0 Å². The van der Waals surface area contributed by atoms with Crippen LogP contribution >= 0.6 is 0 Å². The van der Waals surface area contributed by atoms with Crippen LogP contribution in [0, 0.1) is 0 Å². The van der Waals surface area contributed by atoms with Gasteiger partial charge in [0, 0.05) is 5.39 Å². The van der Waals surface area contributed by atoms with Crippen LogP contribution in [-0.4, -0.2) is 18.1 Å². The van der Waals surface area contributed by atoms with E-state index in [1.807, 2.05) is 0 Å². The zero-order valence-electron chi connectivity index (χ0n) is 8.08. The summed E-state index contributed by atoms with van der Waals surface area (Å²) in [5.74, 6) is -0.369. The van der Waals surface area contributed by atoms with E-state index in [9.17, 15) is 13.5 Å². The van der Waals surface area contributed by atoms with Gasteiger partial charge >= 0.3 is 0 Å². The number of phenols is 1. The van der Waals surface area contributed by atoms with Crippen molar-refractivity contribution in [1.82, 2.24) is 0 Å². The molecule has 0 fully saturated rings. The quantitative estimate of drug-likeness (QED) is 0.396. The SMILES string of the molecule is Nc1c(O)cc2ccccc2c1S(=O)(=O)O. The van der Waals surface area contributed by atoms with E-state index in [-0.39, 0.29) is 16.8 Å². The molecule has 0 aliphatic carbocycles. The fourth-order valence-electron chi connectivity index (χ4n) is 1.59. The summed E-state index contributed by atoms with van der Waals surface area (Å²) in [7, 11) is -4.47. The Balaban J connectivity index is 3.05. The lowest BCUT2D eigenvalue weighted by molar-refractivity contribution is 0.471. The molecule has 0 amide bonds. The summed E-state index contributed by atoms with van der Waals surface area (Å²) in [5, 5.41) is 10.2. The number of hydrogen-bond donors (Lipinski definition) is 3. The van der Waals surface area contributed by atoms with Gasteiger partial charge in [0.25, 0.3) is 10.1 Å². The van der Waals surface area contributed by atoms with Crippen molar-refractivity contribution in [1.29, 1.82) is 0 Å². The molecule has 0 atom stereocenters. The average molecular weight is 239 g/mol. The van der Waals surface area contributed by atoms with Crippen molar-refractivity contribution in [3.8, 4) is 5.75 Å². The highest BCUT2D eigenvalue weighted by Crippen LogP contribution is 2.35. The van der Waals surface area contributed by atoms with Crippen molar-refractivity contribution in [3.63, 3.8) is 0 Å². The van der Waals surface area contributed by atoms with Crippen LogP contribution in [0.15, 0.2) is 35.2 Å². The van der Waals surface area contributed by atoms with Gasteiger partial charge < -0.3 is 10.8 Å². The van der Waals surface area contributed by atoms with Crippen LogP contribution in [0.3, 0.4) is 0 Å². The van der Waals surface area contributed by atoms with Gasteiger partial charge in [0.05, 0.1) is 5.69 Å². The zero-order chi connectivity index (χ0) is 11.9. The van der Waals surface area contributed by atoms with Crippen LogP contribution in [-0.2, 0) is 10.1 Å². The largest absolute Gasteiger partial charge is 0.506 e. The molecule has 0 unspecified atom stereocenters. The van der Waals surface area contributed by atoms with E-state index in [4.69, 9.17) is 10.3 Å². The predicted molar refractivity (Wildman–Crippen MR) is 59.8 cm³/mol. The molecular formula is C10H9NO4S. The number of fused-ring (bicyclic) bond motifs is 1. The molecule has 0 aromatic heterocycles. The standard InChI is InChI=1S/C10H9NO4S/c11-9-8(12)5-6-3-1-2-4-7(6)10(9)16(13,14)15/h1-5,12H,11H2,(H,13,14,15).